The van der Waals surface area contributed by atoms with Crippen molar-refractivity contribution in [3.8, 4) is 0 Å². The topological polar surface area (TPSA) is 57.6 Å². The van der Waals surface area contributed by atoms with Crippen molar-refractivity contribution < 1.29 is 14.7 Å². The van der Waals surface area contributed by atoms with Gasteiger partial charge >= 0.3 is 5.97 Å². The molecule has 0 aromatic heterocycles. The molecular formula is C17H19NO3. The Bertz CT molecular complexity index is 564. The van der Waals surface area contributed by atoms with E-state index < -0.39 is 5.97 Å². The van der Waals surface area contributed by atoms with Crippen LogP contribution in [0.5, 0.6) is 0 Å². The molecule has 1 heterocycles. The zero-order chi connectivity index (χ0) is 14.8. The van der Waals surface area contributed by atoms with Crippen LogP contribution in [0, 0.1) is 11.8 Å². The summed E-state index contributed by atoms with van der Waals surface area (Å²) in [6, 6.07) is 6.53. The molecule has 1 saturated heterocycles. The average Bonchev–Trinajstić information content (AvgIpc) is 3.06. The minimum atomic E-state index is -0.940. The minimum absolute atomic E-state index is 0.0618. The van der Waals surface area contributed by atoms with Crippen molar-refractivity contribution in [3.05, 3.63) is 41.5 Å². The highest BCUT2D eigenvalue weighted by molar-refractivity contribution is 5.92. The van der Waals surface area contributed by atoms with E-state index in [1.807, 2.05) is 4.90 Å². The van der Waals surface area contributed by atoms with E-state index in [1.165, 1.54) is 19.3 Å². The van der Waals surface area contributed by atoms with E-state index in [9.17, 15) is 9.59 Å². The summed E-state index contributed by atoms with van der Waals surface area (Å²) in [6.45, 7) is 1.79. The summed E-state index contributed by atoms with van der Waals surface area (Å²) >= 11 is 0. The lowest BCUT2D eigenvalue weighted by molar-refractivity contribution is -0.125. The van der Waals surface area contributed by atoms with E-state index in [0.717, 1.165) is 18.7 Å². The Morgan fingerprint density at radius 1 is 1.10 bits per heavy atom. The standard InChI is InChI=1S/C17H19NO3/c19-16(18-10-14-2-1-3-15(14)11-18)9-6-12-4-7-13(8-5-12)17(20)21/h4-9,14-15H,1-3,10-11H2,(H,20,21). The molecule has 2 fully saturated rings. The third-order valence-electron chi connectivity index (χ3n) is 4.61. The number of benzene rings is 1. The Morgan fingerprint density at radius 3 is 2.29 bits per heavy atom. The predicted octanol–water partition coefficient (Wildman–Crippen LogP) is 2.66. The van der Waals surface area contributed by atoms with Crippen LogP contribution in [0.4, 0.5) is 0 Å². The summed E-state index contributed by atoms with van der Waals surface area (Å²) in [5, 5.41) is 8.84. The second kappa shape index (κ2) is 5.72. The van der Waals surface area contributed by atoms with Gasteiger partial charge in [-0.3, -0.25) is 4.79 Å². The number of hydrogen-bond donors (Lipinski definition) is 1. The number of hydrogen-bond acceptors (Lipinski definition) is 2. The first-order valence-electron chi connectivity index (χ1n) is 7.44. The zero-order valence-corrected chi connectivity index (χ0v) is 11.9. The molecule has 3 rings (SSSR count). The maximum atomic E-state index is 12.2. The summed E-state index contributed by atoms with van der Waals surface area (Å²) in [6.07, 6.45) is 7.17. The van der Waals surface area contributed by atoms with Gasteiger partial charge < -0.3 is 10.0 Å². The highest BCUT2D eigenvalue weighted by Crippen LogP contribution is 2.37. The summed E-state index contributed by atoms with van der Waals surface area (Å²) in [5.74, 6) is 0.534. The summed E-state index contributed by atoms with van der Waals surface area (Å²) in [5.41, 5.74) is 1.10. The molecule has 2 atom stereocenters. The van der Waals surface area contributed by atoms with Crippen molar-refractivity contribution in [1.29, 1.82) is 0 Å². The minimum Gasteiger partial charge on any atom is -0.478 e. The number of carboxylic acids is 1. The fourth-order valence-electron chi connectivity index (χ4n) is 3.42. The highest BCUT2D eigenvalue weighted by atomic mass is 16.4. The number of fused-ring (bicyclic) bond motifs is 1. The molecule has 2 aliphatic rings. The number of carboxylic acid groups (broad SMARTS) is 1. The van der Waals surface area contributed by atoms with Crippen LogP contribution in [0.15, 0.2) is 30.3 Å². The molecular weight excluding hydrogens is 266 g/mol. The van der Waals surface area contributed by atoms with Gasteiger partial charge in [0, 0.05) is 19.2 Å². The van der Waals surface area contributed by atoms with Crippen molar-refractivity contribution in [2.45, 2.75) is 19.3 Å². The van der Waals surface area contributed by atoms with Crippen LogP contribution in [0.25, 0.3) is 6.08 Å². The van der Waals surface area contributed by atoms with Crippen LogP contribution in [0.2, 0.25) is 0 Å². The van der Waals surface area contributed by atoms with E-state index in [1.54, 1.807) is 36.4 Å². The van der Waals surface area contributed by atoms with Crippen molar-refractivity contribution >= 4 is 18.0 Å². The van der Waals surface area contributed by atoms with Crippen LogP contribution < -0.4 is 0 Å². The van der Waals surface area contributed by atoms with E-state index in [0.29, 0.717) is 11.8 Å². The van der Waals surface area contributed by atoms with Crippen molar-refractivity contribution in [2.75, 3.05) is 13.1 Å². The van der Waals surface area contributed by atoms with Crippen molar-refractivity contribution in [3.63, 3.8) is 0 Å². The number of carbonyl (C=O) groups is 2. The van der Waals surface area contributed by atoms with E-state index >= 15 is 0 Å². The summed E-state index contributed by atoms with van der Waals surface area (Å²) in [7, 11) is 0. The van der Waals surface area contributed by atoms with Gasteiger partial charge in [0.1, 0.15) is 0 Å². The second-order valence-electron chi connectivity index (χ2n) is 5.95. The normalized spacial score (nSPS) is 24.5. The molecule has 1 saturated carbocycles. The maximum absolute atomic E-state index is 12.2. The molecule has 1 N–H and O–H groups in total. The SMILES string of the molecule is O=C(O)c1ccc(C=CC(=O)N2CC3CCCC3C2)cc1. The van der Waals surface area contributed by atoms with Gasteiger partial charge in [-0.05, 0) is 48.4 Å². The Morgan fingerprint density at radius 2 is 1.71 bits per heavy atom. The summed E-state index contributed by atoms with van der Waals surface area (Å²) < 4.78 is 0. The third kappa shape index (κ3) is 2.99. The Labute approximate surface area is 124 Å². The first kappa shape index (κ1) is 13.9. The smallest absolute Gasteiger partial charge is 0.335 e. The molecule has 1 amide bonds. The Hall–Kier alpha value is -2.10. The molecule has 4 nitrogen and oxygen atoms in total. The average molecular weight is 285 g/mol. The van der Waals surface area contributed by atoms with Gasteiger partial charge in [-0.1, -0.05) is 18.6 Å². The lowest BCUT2D eigenvalue weighted by atomic mass is 10.0. The highest BCUT2D eigenvalue weighted by Gasteiger charge is 2.37. The van der Waals surface area contributed by atoms with E-state index in [4.69, 9.17) is 5.11 Å². The Balaban J connectivity index is 1.60. The van der Waals surface area contributed by atoms with Crippen LogP contribution in [-0.4, -0.2) is 35.0 Å². The number of carbonyl (C=O) groups excluding carboxylic acids is 1. The molecule has 1 aromatic carbocycles. The second-order valence-corrected chi connectivity index (χ2v) is 5.95. The van der Waals surface area contributed by atoms with Gasteiger partial charge in [0.05, 0.1) is 5.56 Å². The predicted molar refractivity (Wildman–Crippen MR) is 79.8 cm³/mol. The largest absolute Gasteiger partial charge is 0.478 e. The van der Waals surface area contributed by atoms with Crippen LogP contribution in [0.1, 0.15) is 35.2 Å². The molecule has 1 aliphatic heterocycles. The van der Waals surface area contributed by atoms with Gasteiger partial charge in [-0.2, -0.15) is 0 Å². The number of likely N-dealkylation sites (tertiary alicyclic amines) is 1. The van der Waals surface area contributed by atoms with Gasteiger partial charge in [0.2, 0.25) is 5.91 Å². The molecule has 110 valence electrons. The number of amides is 1. The molecule has 1 aliphatic carbocycles. The third-order valence-corrected chi connectivity index (χ3v) is 4.61. The van der Waals surface area contributed by atoms with Gasteiger partial charge in [-0.15, -0.1) is 0 Å². The van der Waals surface area contributed by atoms with E-state index in [2.05, 4.69) is 0 Å². The maximum Gasteiger partial charge on any atom is 0.335 e. The zero-order valence-electron chi connectivity index (χ0n) is 11.9. The van der Waals surface area contributed by atoms with Gasteiger partial charge in [0.15, 0.2) is 0 Å². The molecule has 1 aromatic rings. The number of aromatic carboxylic acids is 1. The lowest BCUT2D eigenvalue weighted by Gasteiger charge is -2.14. The Kier molecular flexibility index (Phi) is 3.78. The fraction of sp³-hybridized carbons (Fsp3) is 0.412. The summed E-state index contributed by atoms with van der Waals surface area (Å²) in [4.78, 5) is 24.9. The number of nitrogens with zero attached hydrogens (tertiary/aromatic N) is 1. The van der Waals surface area contributed by atoms with Gasteiger partial charge in [0.25, 0.3) is 0 Å². The van der Waals surface area contributed by atoms with Crippen molar-refractivity contribution in [1.82, 2.24) is 4.90 Å². The van der Waals surface area contributed by atoms with Crippen LogP contribution in [0.3, 0.4) is 0 Å². The number of rotatable bonds is 3. The van der Waals surface area contributed by atoms with Crippen LogP contribution in [-0.2, 0) is 4.79 Å². The molecule has 0 spiro atoms. The fourth-order valence-corrected chi connectivity index (χ4v) is 3.42. The van der Waals surface area contributed by atoms with E-state index in [-0.39, 0.29) is 11.5 Å². The molecule has 0 radical (unpaired) electrons. The molecule has 4 heteroatoms. The molecule has 2 unspecified atom stereocenters. The quantitative estimate of drug-likeness (QED) is 0.869. The van der Waals surface area contributed by atoms with Crippen LogP contribution >= 0.6 is 0 Å². The molecule has 0 bridgehead atoms. The van der Waals surface area contributed by atoms with Crippen molar-refractivity contribution in [2.24, 2.45) is 11.8 Å². The monoisotopic (exact) mass is 285 g/mol. The first-order chi connectivity index (χ1) is 10.1. The lowest BCUT2D eigenvalue weighted by Crippen LogP contribution is -2.27. The van der Waals surface area contributed by atoms with Gasteiger partial charge in [-0.25, -0.2) is 4.79 Å². The first-order valence-corrected chi connectivity index (χ1v) is 7.44. The molecule has 21 heavy (non-hydrogen) atoms.